The van der Waals surface area contributed by atoms with Crippen molar-refractivity contribution >= 4 is 17.4 Å². The molecule has 2 aliphatic heterocycles. The molecule has 0 spiro atoms. The number of amides is 1. The molecule has 3 heterocycles. The molecular weight excluding hydrogens is 462 g/mol. The molecule has 1 saturated heterocycles. The highest BCUT2D eigenvalue weighted by Crippen LogP contribution is 2.33. The molecule has 1 aliphatic carbocycles. The number of carbonyl (C=O) groups is 1. The summed E-state index contributed by atoms with van der Waals surface area (Å²) >= 11 is 0. The Balaban J connectivity index is 1.25. The third kappa shape index (κ3) is 4.39. The first-order chi connectivity index (χ1) is 17.5. The van der Waals surface area contributed by atoms with Crippen LogP contribution in [-0.2, 0) is 6.42 Å². The van der Waals surface area contributed by atoms with Gasteiger partial charge in [0.25, 0.3) is 5.91 Å². The minimum absolute atomic E-state index is 0.0304. The van der Waals surface area contributed by atoms with Gasteiger partial charge in [0.05, 0.1) is 5.56 Å². The summed E-state index contributed by atoms with van der Waals surface area (Å²) in [7, 11) is 0. The zero-order valence-electron chi connectivity index (χ0n) is 19.9. The maximum Gasteiger partial charge on any atom is 0.254 e. The van der Waals surface area contributed by atoms with Gasteiger partial charge in [-0.1, -0.05) is 12.1 Å². The van der Waals surface area contributed by atoms with E-state index < -0.39 is 17.7 Å². The first-order valence-electron chi connectivity index (χ1n) is 12.5. The quantitative estimate of drug-likeness (QED) is 0.570. The number of nitrogens with zero attached hydrogens (tertiary/aromatic N) is 4. The average molecular weight is 491 g/mol. The standard InChI is InChI=1S/C27H28F2N6O/c28-21-14-19(13-18-7-8-31-27(36)22(18)21)24-26(30)33-25(29)23(32-24)17-3-5-20(6-4-17)35-11-9-34(10-12-35)15-16-1-2-16/h3-6,13-14,16H,1-2,7-12,15H2,(H2,30,33)(H,31,36). The van der Waals surface area contributed by atoms with Gasteiger partial charge in [0.1, 0.15) is 17.2 Å². The fraction of sp³-hybridized carbons (Fsp3) is 0.370. The fourth-order valence-electron chi connectivity index (χ4n) is 5.16. The summed E-state index contributed by atoms with van der Waals surface area (Å²) in [5.74, 6) is -1.11. The number of nitrogens with one attached hydrogen (secondary N) is 1. The number of nitrogens with two attached hydrogens (primary N) is 1. The molecule has 0 atom stereocenters. The number of aromatic nitrogens is 2. The minimum Gasteiger partial charge on any atom is -0.382 e. The van der Waals surface area contributed by atoms with E-state index in [1.165, 1.54) is 25.5 Å². The SMILES string of the molecule is Nc1nc(F)c(-c2ccc(N3CCN(CC4CC4)CC3)cc2)nc1-c1cc(F)c2c(c1)CCNC2=O. The number of carbonyl (C=O) groups excluding carboxylic acids is 1. The molecule has 6 rings (SSSR count). The molecule has 3 aromatic rings. The van der Waals surface area contributed by atoms with E-state index in [0.717, 1.165) is 37.8 Å². The zero-order chi connectivity index (χ0) is 24.8. The van der Waals surface area contributed by atoms with E-state index in [9.17, 15) is 13.6 Å². The van der Waals surface area contributed by atoms with Crippen LogP contribution in [0.2, 0.25) is 0 Å². The summed E-state index contributed by atoms with van der Waals surface area (Å²) in [6.45, 7) is 5.68. The molecule has 36 heavy (non-hydrogen) atoms. The normalized spacial score (nSPS) is 18.2. The topological polar surface area (TPSA) is 87.4 Å². The lowest BCUT2D eigenvalue weighted by Crippen LogP contribution is -2.47. The van der Waals surface area contributed by atoms with Crippen LogP contribution in [0, 0.1) is 17.7 Å². The highest BCUT2D eigenvalue weighted by atomic mass is 19.1. The van der Waals surface area contributed by atoms with Crippen LogP contribution in [0.25, 0.3) is 22.5 Å². The Hall–Kier alpha value is -3.59. The molecule has 2 aromatic carbocycles. The van der Waals surface area contributed by atoms with Crippen molar-refractivity contribution in [1.82, 2.24) is 20.2 Å². The molecule has 2 fully saturated rings. The number of piperazine rings is 1. The summed E-state index contributed by atoms with van der Waals surface area (Å²) in [5, 5.41) is 2.64. The van der Waals surface area contributed by atoms with Crippen LogP contribution >= 0.6 is 0 Å². The van der Waals surface area contributed by atoms with Gasteiger partial charge in [0.15, 0.2) is 5.82 Å². The van der Waals surface area contributed by atoms with Crippen LogP contribution < -0.4 is 16.0 Å². The van der Waals surface area contributed by atoms with Crippen LogP contribution in [0.3, 0.4) is 0 Å². The van der Waals surface area contributed by atoms with Gasteiger partial charge in [-0.05, 0) is 55.0 Å². The molecule has 3 aliphatic rings. The first-order valence-corrected chi connectivity index (χ1v) is 12.5. The number of hydrogen-bond donors (Lipinski definition) is 2. The van der Waals surface area contributed by atoms with Crippen LogP contribution in [-0.4, -0.2) is 60.0 Å². The van der Waals surface area contributed by atoms with Crippen LogP contribution in [0.4, 0.5) is 20.3 Å². The molecule has 186 valence electrons. The second-order valence-electron chi connectivity index (χ2n) is 9.87. The van der Waals surface area contributed by atoms with Crippen molar-refractivity contribution in [3.63, 3.8) is 0 Å². The maximum absolute atomic E-state index is 14.8. The number of anilines is 2. The average Bonchev–Trinajstić information content (AvgIpc) is 3.69. The van der Waals surface area contributed by atoms with E-state index >= 15 is 0 Å². The monoisotopic (exact) mass is 490 g/mol. The Morgan fingerprint density at radius 2 is 1.72 bits per heavy atom. The Labute approximate surface area is 208 Å². The molecule has 3 N–H and O–H groups in total. The van der Waals surface area contributed by atoms with Gasteiger partial charge in [-0.25, -0.2) is 9.37 Å². The number of rotatable bonds is 5. The maximum atomic E-state index is 14.8. The molecule has 0 bridgehead atoms. The Morgan fingerprint density at radius 1 is 0.972 bits per heavy atom. The lowest BCUT2D eigenvalue weighted by molar-refractivity contribution is 0.0941. The second-order valence-corrected chi connectivity index (χ2v) is 9.87. The van der Waals surface area contributed by atoms with E-state index in [-0.39, 0.29) is 22.8 Å². The van der Waals surface area contributed by atoms with Gasteiger partial charge >= 0.3 is 0 Å². The van der Waals surface area contributed by atoms with Crippen molar-refractivity contribution in [2.75, 3.05) is 49.9 Å². The lowest BCUT2D eigenvalue weighted by atomic mass is 9.96. The van der Waals surface area contributed by atoms with Crippen LogP contribution in [0.1, 0.15) is 28.8 Å². The summed E-state index contributed by atoms with van der Waals surface area (Å²) in [6, 6.07) is 10.5. The lowest BCUT2D eigenvalue weighted by Gasteiger charge is -2.36. The van der Waals surface area contributed by atoms with Crippen molar-refractivity contribution in [3.8, 4) is 22.5 Å². The largest absolute Gasteiger partial charge is 0.382 e. The number of hydrogen-bond acceptors (Lipinski definition) is 6. The van der Waals surface area contributed by atoms with E-state index in [4.69, 9.17) is 5.73 Å². The van der Waals surface area contributed by atoms with Crippen molar-refractivity contribution in [1.29, 1.82) is 0 Å². The predicted molar refractivity (Wildman–Crippen MR) is 135 cm³/mol. The van der Waals surface area contributed by atoms with Crippen LogP contribution in [0.5, 0.6) is 0 Å². The third-order valence-corrected chi connectivity index (χ3v) is 7.32. The van der Waals surface area contributed by atoms with E-state index in [0.29, 0.717) is 29.7 Å². The fourth-order valence-corrected chi connectivity index (χ4v) is 5.16. The Bertz CT molecular complexity index is 1320. The smallest absolute Gasteiger partial charge is 0.254 e. The van der Waals surface area contributed by atoms with Crippen LogP contribution in [0.15, 0.2) is 36.4 Å². The summed E-state index contributed by atoms with van der Waals surface area (Å²) < 4.78 is 29.6. The molecule has 7 nitrogen and oxygen atoms in total. The molecule has 0 radical (unpaired) electrons. The van der Waals surface area contributed by atoms with Crippen molar-refractivity contribution in [2.45, 2.75) is 19.3 Å². The number of fused-ring (bicyclic) bond motifs is 1. The van der Waals surface area contributed by atoms with Crippen molar-refractivity contribution < 1.29 is 13.6 Å². The van der Waals surface area contributed by atoms with Crippen molar-refractivity contribution in [2.24, 2.45) is 5.92 Å². The molecular formula is C27H28F2N6O. The molecule has 0 unspecified atom stereocenters. The molecule has 1 aromatic heterocycles. The number of halogens is 2. The van der Waals surface area contributed by atoms with E-state index in [1.54, 1.807) is 6.07 Å². The molecule has 9 heteroatoms. The summed E-state index contributed by atoms with van der Waals surface area (Å²) in [4.78, 5) is 25.3. The molecule has 1 saturated carbocycles. The Kier molecular flexibility index (Phi) is 5.79. The van der Waals surface area contributed by atoms with Gasteiger partial charge < -0.3 is 16.0 Å². The Morgan fingerprint density at radius 3 is 2.44 bits per heavy atom. The highest BCUT2D eigenvalue weighted by molar-refractivity contribution is 5.97. The van der Waals surface area contributed by atoms with Gasteiger partial charge in [0, 0.05) is 56.1 Å². The van der Waals surface area contributed by atoms with Gasteiger partial charge in [0.2, 0.25) is 5.95 Å². The number of benzene rings is 2. The molecule has 1 amide bonds. The zero-order valence-corrected chi connectivity index (χ0v) is 19.9. The highest BCUT2D eigenvalue weighted by Gasteiger charge is 2.27. The van der Waals surface area contributed by atoms with E-state index in [2.05, 4.69) is 25.1 Å². The van der Waals surface area contributed by atoms with Gasteiger partial charge in [-0.3, -0.25) is 9.69 Å². The van der Waals surface area contributed by atoms with E-state index in [1.807, 2.05) is 24.3 Å². The van der Waals surface area contributed by atoms with Crippen molar-refractivity contribution in [3.05, 3.63) is 59.3 Å². The predicted octanol–water partition coefficient (Wildman–Crippen LogP) is 3.49. The van der Waals surface area contributed by atoms with Gasteiger partial charge in [-0.15, -0.1) is 0 Å². The number of nitrogen functional groups attached to an aromatic ring is 1. The second kappa shape index (κ2) is 9.13. The summed E-state index contributed by atoms with van der Waals surface area (Å²) in [5.41, 5.74) is 8.86. The van der Waals surface area contributed by atoms with Gasteiger partial charge in [-0.2, -0.15) is 9.37 Å². The summed E-state index contributed by atoms with van der Waals surface area (Å²) in [6.07, 6.45) is 3.22. The first kappa shape index (κ1) is 22.8. The third-order valence-electron chi connectivity index (χ3n) is 7.32. The minimum atomic E-state index is -0.782.